The molecule has 0 spiro atoms. The van der Waals surface area contributed by atoms with Crippen LogP contribution in [0.25, 0.3) is 0 Å². The van der Waals surface area contributed by atoms with E-state index in [2.05, 4.69) is 5.32 Å². The molecule has 3 rings (SSSR count). The molecule has 1 aliphatic heterocycles. The minimum absolute atomic E-state index is 0.00426. The maximum atomic E-state index is 14.1. The van der Waals surface area contributed by atoms with Crippen LogP contribution >= 0.6 is 11.6 Å². The Morgan fingerprint density at radius 2 is 1.93 bits per heavy atom. The van der Waals surface area contributed by atoms with E-state index in [4.69, 9.17) is 16.3 Å². The summed E-state index contributed by atoms with van der Waals surface area (Å²) in [6.07, 6.45) is -0.231. The molecule has 0 bridgehead atoms. The molecule has 28 heavy (non-hydrogen) atoms. The van der Waals surface area contributed by atoms with Gasteiger partial charge in [0.25, 0.3) is 0 Å². The van der Waals surface area contributed by atoms with E-state index in [-0.39, 0.29) is 23.0 Å². The lowest BCUT2D eigenvalue weighted by Gasteiger charge is -2.28. The Kier molecular flexibility index (Phi) is 5.61. The number of nitrogens with zero attached hydrogens (tertiary/aromatic N) is 1. The van der Waals surface area contributed by atoms with Crippen LogP contribution < -0.4 is 10.2 Å². The van der Waals surface area contributed by atoms with Crippen molar-refractivity contribution >= 4 is 29.3 Å². The van der Waals surface area contributed by atoms with Gasteiger partial charge in [0.2, 0.25) is 5.91 Å². The number of nitrogens with one attached hydrogen (secondary N) is 1. The molecule has 0 saturated heterocycles. The van der Waals surface area contributed by atoms with Crippen LogP contribution in [0.1, 0.15) is 31.9 Å². The number of carbonyl (C=O) groups is 2. The molecule has 1 N–H and O–H groups in total. The van der Waals surface area contributed by atoms with E-state index in [1.165, 1.54) is 11.0 Å². The van der Waals surface area contributed by atoms with Crippen molar-refractivity contribution in [1.82, 2.24) is 5.32 Å². The largest absolute Gasteiger partial charge is 0.443 e. The van der Waals surface area contributed by atoms with Crippen molar-refractivity contribution < 1.29 is 18.7 Å². The van der Waals surface area contributed by atoms with Crippen LogP contribution in [0.5, 0.6) is 0 Å². The van der Waals surface area contributed by atoms with E-state index in [1.54, 1.807) is 45.0 Å². The second kappa shape index (κ2) is 7.80. The fraction of sp³-hybridized carbons (Fsp3) is 0.333. The van der Waals surface area contributed by atoms with Gasteiger partial charge in [-0.2, -0.15) is 0 Å². The zero-order valence-electron chi connectivity index (χ0n) is 16.0. The maximum absolute atomic E-state index is 14.1. The number of ether oxygens (including phenoxy) is 1. The summed E-state index contributed by atoms with van der Waals surface area (Å²) in [5.41, 5.74) is 1.10. The molecule has 0 aromatic heterocycles. The SMILES string of the molecule is CC(C)(C)OC(=O)N1c2ccccc2CC1C(=O)NCc1cccc(Cl)c1F. The van der Waals surface area contributed by atoms with Gasteiger partial charge in [-0.25, -0.2) is 9.18 Å². The van der Waals surface area contributed by atoms with Gasteiger partial charge in [0.15, 0.2) is 0 Å². The summed E-state index contributed by atoms with van der Waals surface area (Å²) in [5, 5.41) is 2.70. The summed E-state index contributed by atoms with van der Waals surface area (Å²) < 4.78 is 19.6. The Morgan fingerprint density at radius 1 is 1.21 bits per heavy atom. The standard InChI is InChI=1S/C21H22ClFN2O3/c1-21(2,3)28-20(27)25-16-10-5-4-7-13(16)11-17(25)19(26)24-12-14-8-6-9-15(22)18(14)23/h4-10,17H,11-12H2,1-3H3,(H,24,26). The third-order valence-corrected chi connectivity index (χ3v) is 4.65. The van der Waals surface area contributed by atoms with E-state index in [9.17, 15) is 14.0 Å². The lowest BCUT2D eigenvalue weighted by molar-refractivity contribution is -0.122. The van der Waals surface area contributed by atoms with E-state index >= 15 is 0 Å². The van der Waals surface area contributed by atoms with Crippen LogP contribution in [0.15, 0.2) is 42.5 Å². The minimum atomic E-state index is -0.769. The summed E-state index contributed by atoms with van der Waals surface area (Å²) in [6, 6.07) is 11.2. The van der Waals surface area contributed by atoms with Crippen molar-refractivity contribution in [1.29, 1.82) is 0 Å². The highest BCUT2D eigenvalue weighted by atomic mass is 35.5. The summed E-state index contributed by atoms with van der Waals surface area (Å²) in [4.78, 5) is 27.0. The number of carbonyl (C=O) groups excluding carboxylic acids is 2. The summed E-state index contributed by atoms with van der Waals surface area (Å²) >= 11 is 5.79. The van der Waals surface area contributed by atoms with Crippen molar-refractivity contribution in [3.05, 3.63) is 64.4 Å². The predicted molar refractivity (Wildman–Crippen MR) is 106 cm³/mol. The lowest BCUT2D eigenvalue weighted by atomic mass is 10.1. The Labute approximate surface area is 168 Å². The fourth-order valence-corrected chi connectivity index (χ4v) is 3.31. The number of halogens is 2. The molecule has 0 aliphatic carbocycles. The highest BCUT2D eigenvalue weighted by molar-refractivity contribution is 6.30. The highest BCUT2D eigenvalue weighted by Gasteiger charge is 2.40. The lowest BCUT2D eigenvalue weighted by Crippen LogP contribution is -2.49. The van der Waals surface area contributed by atoms with Crippen LogP contribution in [-0.4, -0.2) is 23.6 Å². The van der Waals surface area contributed by atoms with Gasteiger partial charge in [-0.1, -0.05) is 41.9 Å². The Balaban J connectivity index is 1.80. The van der Waals surface area contributed by atoms with Crippen LogP contribution in [0.3, 0.4) is 0 Å². The van der Waals surface area contributed by atoms with Crippen LogP contribution in [0, 0.1) is 5.82 Å². The Hall–Kier alpha value is -2.60. The number of benzene rings is 2. The van der Waals surface area contributed by atoms with Crippen molar-refractivity contribution in [2.75, 3.05) is 4.90 Å². The zero-order valence-corrected chi connectivity index (χ0v) is 16.7. The molecular formula is C21H22ClFN2O3. The second-order valence-electron chi connectivity index (χ2n) is 7.63. The van der Waals surface area contributed by atoms with E-state index in [1.807, 2.05) is 12.1 Å². The zero-order chi connectivity index (χ0) is 20.5. The molecule has 7 heteroatoms. The van der Waals surface area contributed by atoms with E-state index in [0.29, 0.717) is 12.1 Å². The third-order valence-electron chi connectivity index (χ3n) is 4.35. The first kappa shape index (κ1) is 20.1. The molecule has 1 unspecified atom stereocenters. The molecule has 1 aliphatic rings. The normalized spacial score (nSPS) is 15.9. The monoisotopic (exact) mass is 404 g/mol. The quantitative estimate of drug-likeness (QED) is 0.821. The molecule has 2 amide bonds. The fourth-order valence-electron chi connectivity index (χ4n) is 3.12. The number of anilines is 1. The van der Waals surface area contributed by atoms with E-state index in [0.717, 1.165) is 5.56 Å². The van der Waals surface area contributed by atoms with Crippen LogP contribution in [0.4, 0.5) is 14.9 Å². The molecule has 0 saturated carbocycles. The average Bonchev–Trinajstić information content (AvgIpc) is 3.01. The third kappa shape index (κ3) is 4.28. The summed E-state index contributed by atoms with van der Waals surface area (Å²) in [7, 11) is 0. The van der Waals surface area contributed by atoms with Gasteiger partial charge < -0.3 is 10.1 Å². The van der Waals surface area contributed by atoms with Gasteiger partial charge in [0.1, 0.15) is 17.5 Å². The van der Waals surface area contributed by atoms with Crippen molar-refractivity contribution in [2.45, 2.75) is 45.4 Å². The molecule has 0 radical (unpaired) electrons. The first-order chi connectivity index (χ1) is 13.2. The number of para-hydroxylation sites is 1. The van der Waals surface area contributed by atoms with E-state index < -0.39 is 23.6 Å². The first-order valence-corrected chi connectivity index (χ1v) is 9.36. The number of hydrogen-bond donors (Lipinski definition) is 1. The van der Waals surface area contributed by atoms with Crippen molar-refractivity contribution in [2.24, 2.45) is 0 Å². The predicted octanol–water partition coefficient (Wildman–Crippen LogP) is 4.46. The smallest absolute Gasteiger partial charge is 0.415 e. The van der Waals surface area contributed by atoms with Gasteiger partial charge >= 0.3 is 6.09 Å². The molecule has 0 fully saturated rings. The average molecular weight is 405 g/mol. The molecular weight excluding hydrogens is 383 g/mol. The minimum Gasteiger partial charge on any atom is -0.443 e. The van der Waals surface area contributed by atoms with Crippen molar-refractivity contribution in [3.63, 3.8) is 0 Å². The van der Waals surface area contributed by atoms with Gasteiger partial charge in [-0.15, -0.1) is 0 Å². The van der Waals surface area contributed by atoms with Gasteiger partial charge in [0, 0.05) is 18.5 Å². The number of hydrogen-bond acceptors (Lipinski definition) is 3. The van der Waals surface area contributed by atoms with Gasteiger partial charge in [-0.05, 0) is 38.5 Å². The topological polar surface area (TPSA) is 58.6 Å². The number of amides is 2. The molecule has 148 valence electrons. The Bertz CT molecular complexity index is 911. The molecule has 2 aromatic carbocycles. The van der Waals surface area contributed by atoms with Crippen LogP contribution in [0.2, 0.25) is 5.02 Å². The molecule has 1 heterocycles. The summed E-state index contributed by atoms with van der Waals surface area (Å²) in [5.74, 6) is -0.954. The van der Waals surface area contributed by atoms with Gasteiger partial charge in [-0.3, -0.25) is 9.69 Å². The summed E-state index contributed by atoms with van der Waals surface area (Å²) in [6.45, 7) is 5.28. The molecule has 2 aromatic rings. The maximum Gasteiger partial charge on any atom is 0.415 e. The number of fused-ring (bicyclic) bond motifs is 1. The highest BCUT2D eigenvalue weighted by Crippen LogP contribution is 2.33. The van der Waals surface area contributed by atoms with Crippen LogP contribution in [-0.2, 0) is 22.5 Å². The van der Waals surface area contributed by atoms with Gasteiger partial charge in [0.05, 0.1) is 10.7 Å². The van der Waals surface area contributed by atoms with Crippen molar-refractivity contribution in [3.8, 4) is 0 Å². The molecule has 1 atom stereocenters. The number of rotatable bonds is 3. The molecule has 5 nitrogen and oxygen atoms in total. The Morgan fingerprint density at radius 3 is 2.64 bits per heavy atom. The second-order valence-corrected chi connectivity index (χ2v) is 8.04. The first-order valence-electron chi connectivity index (χ1n) is 8.98.